The molecule has 30 heavy (non-hydrogen) atoms. The summed E-state index contributed by atoms with van der Waals surface area (Å²) in [5.74, 6) is -0.119. The monoisotopic (exact) mass is 432 g/mol. The number of nitrogens with zero attached hydrogens (tertiary/aromatic N) is 3. The number of rotatable bonds is 6. The number of carbonyl (C=O) groups excluding carboxylic acids is 1. The van der Waals surface area contributed by atoms with E-state index in [1.807, 2.05) is 43.3 Å². The summed E-state index contributed by atoms with van der Waals surface area (Å²) in [5, 5.41) is 24.0. The normalized spacial score (nSPS) is 11.4. The van der Waals surface area contributed by atoms with Crippen LogP contribution in [0.4, 0.5) is 5.13 Å². The van der Waals surface area contributed by atoms with Gasteiger partial charge in [0.05, 0.1) is 0 Å². The zero-order chi connectivity index (χ0) is 20.9. The van der Waals surface area contributed by atoms with Gasteiger partial charge in [-0.1, -0.05) is 66.4 Å². The van der Waals surface area contributed by atoms with Gasteiger partial charge in [0.2, 0.25) is 5.13 Å². The van der Waals surface area contributed by atoms with Crippen LogP contribution in [0, 0.1) is 11.3 Å². The van der Waals surface area contributed by atoms with Crippen molar-refractivity contribution in [2.75, 3.05) is 5.32 Å². The molecule has 1 amide bonds. The van der Waals surface area contributed by atoms with Gasteiger partial charge >= 0.3 is 0 Å². The molecule has 0 saturated heterocycles. The molecule has 0 aliphatic rings. The Labute approximate surface area is 181 Å². The molecule has 148 valence electrons. The smallest absolute Gasteiger partial charge is 0.268 e. The first kappa shape index (κ1) is 19.9. The molecule has 1 N–H and O–H groups in total. The second kappa shape index (κ2) is 8.95. The first-order chi connectivity index (χ1) is 14.7. The Kier molecular flexibility index (Phi) is 5.93. The standard InChI is InChI=1S/C22H16N4O2S2/c1-2-19-25-26-22(30-19)24-21(27)15(13-23)12-16-10-11-20(28-16)29-18-9-5-7-14-6-3-4-8-17(14)18/h3-12H,2H2,1H3,(H,24,26,27). The van der Waals surface area contributed by atoms with Crippen molar-refractivity contribution in [2.24, 2.45) is 0 Å². The van der Waals surface area contributed by atoms with Crippen molar-refractivity contribution in [1.82, 2.24) is 10.2 Å². The lowest BCUT2D eigenvalue weighted by Crippen LogP contribution is -2.13. The highest BCUT2D eigenvalue weighted by Gasteiger charge is 2.14. The molecule has 0 fully saturated rings. The third kappa shape index (κ3) is 4.43. The Morgan fingerprint density at radius 3 is 2.83 bits per heavy atom. The lowest BCUT2D eigenvalue weighted by Gasteiger charge is -2.04. The summed E-state index contributed by atoms with van der Waals surface area (Å²) in [6.07, 6.45) is 2.16. The van der Waals surface area contributed by atoms with Crippen molar-refractivity contribution >= 4 is 51.0 Å². The largest absolute Gasteiger partial charge is 0.450 e. The molecule has 2 aromatic heterocycles. The molecule has 0 aliphatic heterocycles. The molecule has 8 heteroatoms. The van der Waals surface area contributed by atoms with Crippen molar-refractivity contribution in [3.05, 3.63) is 70.9 Å². The molecule has 4 aromatic rings. The number of benzene rings is 2. The van der Waals surface area contributed by atoms with Crippen LogP contribution in [0.15, 0.2) is 74.6 Å². The molecule has 0 bridgehead atoms. The first-order valence-electron chi connectivity index (χ1n) is 9.17. The maximum Gasteiger partial charge on any atom is 0.268 e. The average Bonchev–Trinajstić information content (AvgIpc) is 3.41. The summed E-state index contributed by atoms with van der Waals surface area (Å²) >= 11 is 2.78. The van der Waals surface area contributed by atoms with Crippen LogP contribution in [-0.4, -0.2) is 16.1 Å². The topological polar surface area (TPSA) is 91.8 Å². The van der Waals surface area contributed by atoms with Crippen molar-refractivity contribution < 1.29 is 9.21 Å². The summed E-state index contributed by atoms with van der Waals surface area (Å²) in [6, 6.07) is 19.7. The SMILES string of the molecule is CCc1nnc(NC(=O)C(C#N)=Cc2ccc(Sc3cccc4ccccc34)o2)s1. The second-order valence-electron chi connectivity index (χ2n) is 6.21. The van der Waals surface area contributed by atoms with Crippen LogP contribution in [-0.2, 0) is 11.2 Å². The van der Waals surface area contributed by atoms with Gasteiger partial charge in [-0.15, -0.1) is 10.2 Å². The summed E-state index contributed by atoms with van der Waals surface area (Å²) in [7, 11) is 0. The van der Waals surface area contributed by atoms with E-state index in [0.717, 1.165) is 27.1 Å². The Balaban J connectivity index is 1.51. The van der Waals surface area contributed by atoms with Crippen LogP contribution in [0.25, 0.3) is 16.8 Å². The Bertz CT molecular complexity index is 1280. The molecule has 4 rings (SSSR count). The van der Waals surface area contributed by atoms with E-state index in [9.17, 15) is 10.1 Å². The quantitative estimate of drug-likeness (QED) is 0.317. The Morgan fingerprint density at radius 2 is 2.03 bits per heavy atom. The molecule has 0 unspecified atom stereocenters. The van der Waals surface area contributed by atoms with E-state index in [4.69, 9.17) is 4.42 Å². The van der Waals surface area contributed by atoms with E-state index in [-0.39, 0.29) is 5.57 Å². The van der Waals surface area contributed by atoms with Gasteiger partial charge in [-0.3, -0.25) is 10.1 Å². The molecule has 0 radical (unpaired) electrons. The minimum absolute atomic E-state index is 0.0701. The zero-order valence-corrected chi connectivity index (χ0v) is 17.6. The zero-order valence-electron chi connectivity index (χ0n) is 16.0. The van der Waals surface area contributed by atoms with Crippen LogP contribution in [0.1, 0.15) is 17.7 Å². The van der Waals surface area contributed by atoms with Crippen molar-refractivity contribution in [2.45, 2.75) is 23.3 Å². The number of carbonyl (C=O) groups is 1. The second-order valence-corrected chi connectivity index (χ2v) is 8.32. The number of amides is 1. The van der Waals surface area contributed by atoms with Crippen molar-refractivity contribution in [3.8, 4) is 6.07 Å². The third-order valence-corrected chi connectivity index (χ3v) is 6.18. The van der Waals surface area contributed by atoms with Gasteiger partial charge in [0.1, 0.15) is 22.4 Å². The molecule has 2 aromatic carbocycles. The van der Waals surface area contributed by atoms with Gasteiger partial charge in [-0.25, -0.2) is 0 Å². The fourth-order valence-electron chi connectivity index (χ4n) is 2.76. The molecule has 2 heterocycles. The van der Waals surface area contributed by atoms with Gasteiger partial charge < -0.3 is 4.42 Å². The van der Waals surface area contributed by atoms with Crippen LogP contribution >= 0.6 is 23.1 Å². The van der Waals surface area contributed by atoms with Crippen molar-refractivity contribution in [3.63, 3.8) is 0 Å². The maximum atomic E-state index is 12.4. The number of anilines is 1. The van der Waals surface area contributed by atoms with E-state index in [0.29, 0.717) is 16.0 Å². The molecular formula is C22H16N4O2S2. The van der Waals surface area contributed by atoms with E-state index in [1.54, 1.807) is 6.07 Å². The lowest BCUT2D eigenvalue weighted by molar-refractivity contribution is -0.112. The molecule has 0 atom stereocenters. The fraction of sp³-hybridized carbons (Fsp3) is 0.0909. The molecule has 0 aliphatic carbocycles. The summed E-state index contributed by atoms with van der Waals surface area (Å²) < 4.78 is 5.82. The highest BCUT2D eigenvalue weighted by molar-refractivity contribution is 7.99. The predicted octanol–water partition coefficient (Wildman–Crippen LogP) is 5.54. The molecule has 0 spiro atoms. The van der Waals surface area contributed by atoms with Gasteiger partial charge in [0.15, 0.2) is 5.09 Å². The van der Waals surface area contributed by atoms with Crippen molar-refractivity contribution in [1.29, 1.82) is 5.26 Å². The molecular weight excluding hydrogens is 416 g/mol. The number of furan rings is 1. The van der Waals surface area contributed by atoms with Gasteiger partial charge in [0, 0.05) is 11.0 Å². The van der Waals surface area contributed by atoms with E-state index in [2.05, 4.69) is 33.7 Å². The number of hydrogen-bond donors (Lipinski definition) is 1. The van der Waals surface area contributed by atoms with Gasteiger partial charge in [-0.05, 0) is 35.4 Å². The Hall–Kier alpha value is -3.41. The number of aromatic nitrogens is 2. The van der Waals surface area contributed by atoms with E-state index < -0.39 is 5.91 Å². The van der Waals surface area contributed by atoms with Crippen LogP contribution in [0.3, 0.4) is 0 Å². The molecule has 6 nitrogen and oxygen atoms in total. The number of hydrogen-bond acceptors (Lipinski definition) is 7. The third-order valence-electron chi connectivity index (χ3n) is 4.20. The van der Waals surface area contributed by atoms with Gasteiger partial charge in [-0.2, -0.15) is 5.26 Å². The number of nitriles is 1. The molecule has 0 saturated carbocycles. The van der Waals surface area contributed by atoms with E-state index >= 15 is 0 Å². The summed E-state index contributed by atoms with van der Waals surface area (Å²) in [4.78, 5) is 13.4. The number of nitrogens with one attached hydrogen (secondary N) is 1. The highest BCUT2D eigenvalue weighted by Crippen LogP contribution is 2.34. The lowest BCUT2D eigenvalue weighted by atomic mass is 10.1. The van der Waals surface area contributed by atoms with Gasteiger partial charge in [0.25, 0.3) is 5.91 Å². The minimum atomic E-state index is -0.545. The highest BCUT2D eigenvalue weighted by atomic mass is 32.2. The average molecular weight is 433 g/mol. The predicted molar refractivity (Wildman–Crippen MR) is 118 cm³/mol. The number of aryl methyl sites for hydroxylation is 1. The summed E-state index contributed by atoms with van der Waals surface area (Å²) in [6.45, 7) is 1.96. The fourth-order valence-corrected chi connectivity index (χ4v) is 4.37. The Morgan fingerprint density at radius 1 is 1.20 bits per heavy atom. The summed E-state index contributed by atoms with van der Waals surface area (Å²) in [5.41, 5.74) is -0.0701. The first-order valence-corrected chi connectivity index (χ1v) is 10.8. The minimum Gasteiger partial charge on any atom is -0.450 e. The van der Waals surface area contributed by atoms with Crippen LogP contribution < -0.4 is 5.32 Å². The van der Waals surface area contributed by atoms with Crippen LogP contribution in [0.5, 0.6) is 0 Å². The maximum absolute atomic E-state index is 12.4. The van der Waals surface area contributed by atoms with Crippen LogP contribution in [0.2, 0.25) is 0 Å². The number of fused-ring (bicyclic) bond motifs is 1. The van der Waals surface area contributed by atoms with E-state index in [1.165, 1.54) is 29.2 Å².